The quantitative estimate of drug-likeness (QED) is 0.717. The van der Waals surface area contributed by atoms with Crippen LogP contribution in [0, 0.1) is 6.92 Å². The van der Waals surface area contributed by atoms with Gasteiger partial charge < -0.3 is 9.47 Å². The summed E-state index contributed by atoms with van der Waals surface area (Å²) in [5, 5.41) is 2.04. The first-order valence-electron chi connectivity index (χ1n) is 6.16. The fraction of sp³-hybridized carbons (Fsp3) is 0.333. The third-order valence-corrected chi connectivity index (χ3v) is 5.06. The number of rotatable bonds is 5. The summed E-state index contributed by atoms with van der Waals surface area (Å²) < 4.78 is 11.1. The Balaban J connectivity index is 2.42. The minimum Gasteiger partial charge on any atom is -0.496 e. The number of aryl methyl sites for hydroxylation is 1. The molecule has 0 aliphatic heterocycles. The van der Waals surface area contributed by atoms with Gasteiger partial charge in [0.15, 0.2) is 0 Å². The third kappa shape index (κ3) is 3.12. The number of methoxy groups -OCH3 is 1. The fourth-order valence-corrected chi connectivity index (χ4v) is 3.72. The third-order valence-electron chi connectivity index (χ3n) is 2.85. The van der Waals surface area contributed by atoms with E-state index in [4.69, 9.17) is 9.47 Å². The van der Waals surface area contributed by atoms with Crippen molar-refractivity contribution in [3.8, 4) is 11.5 Å². The molecule has 1 aromatic heterocycles. The standard InChI is InChI=1S/C15H17BrO2S/c1-4-18-12-6-5-10(2)9-11(12)14(16)15-13(17-3)7-8-19-15/h5-9,14H,4H2,1-3H3. The van der Waals surface area contributed by atoms with Crippen molar-refractivity contribution in [1.29, 1.82) is 0 Å². The highest BCUT2D eigenvalue weighted by molar-refractivity contribution is 9.09. The number of alkyl halides is 1. The van der Waals surface area contributed by atoms with Crippen molar-refractivity contribution < 1.29 is 9.47 Å². The first-order chi connectivity index (χ1) is 9.17. The maximum Gasteiger partial charge on any atom is 0.134 e. The predicted molar refractivity (Wildman–Crippen MR) is 84.0 cm³/mol. The molecule has 0 bridgehead atoms. The van der Waals surface area contributed by atoms with Gasteiger partial charge in [-0.05, 0) is 31.4 Å². The van der Waals surface area contributed by atoms with Crippen LogP contribution in [0.5, 0.6) is 11.5 Å². The molecule has 1 heterocycles. The average Bonchev–Trinajstić information content (AvgIpc) is 2.88. The van der Waals surface area contributed by atoms with Crippen LogP contribution in [0.1, 0.15) is 27.8 Å². The Bertz CT molecular complexity index is 551. The molecule has 0 aliphatic rings. The lowest BCUT2D eigenvalue weighted by Gasteiger charge is -2.16. The van der Waals surface area contributed by atoms with Crippen molar-refractivity contribution in [3.05, 3.63) is 45.6 Å². The molecule has 102 valence electrons. The van der Waals surface area contributed by atoms with Gasteiger partial charge in [-0.2, -0.15) is 0 Å². The van der Waals surface area contributed by atoms with Gasteiger partial charge in [-0.25, -0.2) is 0 Å². The smallest absolute Gasteiger partial charge is 0.134 e. The number of hydrogen-bond acceptors (Lipinski definition) is 3. The van der Waals surface area contributed by atoms with Gasteiger partial charge in [0.1, 0.15) is 11.5 Å². The molecule has 19 heavy (non-hydrogen) atoms. The van der Waals surface area contributed by atoms with Crippen molar-refractivity contribution in [2.45, 2.75) is 18.7 Å². The second-order valence-electron chi connectivity index (χ2n) is 4.19. The highest BCUT2D eigenvalue weighted by Crippen LogP contribution is 2.43. The fourth-order valence-electron chi connectivity index (χ4n) is 1.96. The summed E-state index contributed by atoms with van der Waals surface area (Å²) in [6.07, 6.45) is 0. The van der Waals surface area contributed by atoms with E-state index >= 15 is 0 Å². The first kappa shape index (κ1) is 14.4. The molecule has 0 spiro atoms. The Morgan fingerprint density at radius 2 is 2.05 bits per heavy atom. The minimum atomic E-state index is 0.0869. The largest absolute Gasteiger partial charge is 0.496 e. The zero-order valence-corrected chi connectivity index (χ0v) is 13.7. The molecule has 0 radical (unpaired) electrons. The lowest BCUT2D eigenvalue weighted by molar-refractivity contribution is 0.337. The number of ether oxygens (including phenoxy) is 2. The Morgan fingerprint density at radius 3 is 2.74 bits per heavy atom. The van der Waals surface area contributed by atoms with Gasteiger partial charge in [-0.15, -0.1) is 11.3 Å². The van der Waals surface area contributed by atoms with Crippen LogP contribution < -0.4 is 9.47 Å². The first-order valence-corrected chi connectivity index (χ1v) is 7.95. The molecular weight excluding hydrogens is 324 g/mol. The van der Waals surface area contributed by atoms with Crippen LogP contribution >= 0.6 is 27.3 Å². The van der Waals surface area contributed by atoms with Crippen LogP contribution in [-0.2, 0) is 0 Å². The molecular formula is C15H17BrO2S. The summed E-state index contributed by atoms with van der Waals surface area (Å²) in [5.41, 5.74) is 2.36. The lowest BCUT2D eigenvalue weighted by atomic mass is 10.1. The molecule has 0 saturated heterocycles. The van der Waals surface area contributed by atoms with Gasteiger partial charge >= 0.3 is 0 Å². The van der Waals surface area contributed by atoms with Crippen LogP contribution in [0.2, 0.25) is 0 Å². The number of hydrogen-bond donors (Lipinski definition) is 0. The molecule has 1 atom stereocenters. The van der Waals surface area contributed by atoms with Crippen molar-refractivity contribution in [3.63, 3.8) is 0 Å². The monoisotopic (exact) mass is 340 g/mol. The summed E-state index contributed by atoms with van der Waals surface area (Å²) >= 11 is 5.45. The molecule has 2 rings (SSSR count). The van der Waals surface area contributed by atoms with E-state index in [1.165, 1.54) is 5.56 Å². The molecule has 0 N–H and O–H groups in total. The van der Waals surface area contributed by atoms with Crippen LogP contribution in [0.15, 0.2) is 29.6 Å². The van der Waals surface area contributed by atoms with Gasteiger partial charge in [-0.3, -0.25) is 0 Å². The van der Waals surface area contributed by atoms with E-state index in [0.717, 1.165) is 21.9 Å². The van der Waals surface area contributed by atoms with E-state index in [1.807, 2.05) is 24.4 Å². The van der Waals surface area contributed by atoms with E-state index < -0.39 is 0 Å². The lowest BCUT2D eigenvalue weighted by Crippen LogP contribution is -2.00. The van der Waals surface area contributed by atoms with Gasteiger partial charge in [0.05, 0.1) is 23.4 Å². The molecule has 1 aromatic carbocycles. The van der Waals surface area contributed by atoms with E-state index in [1.54, 1.807) is 18.4 Å². The Kier molecular flexibility index (Phi) is 4.88. The number of halogens is 1. The molecule has 0 saturated carbocycles. The summed E-state index contributed by atoms with van der Waals surface area (Å²) in [5.74, 6) is 1.83. The molecule has 0 fully saturated rings. The zero-order valence-electron chi connectivity index (χ0n) is 11.3. The Labute approximate surface area is 126 Å². The molecule has 0 aliphatic carbocycles. The second kappa shape index (κ2) is 6.44. The Hall–Kier alpha value is -1.00. The zero-order chi connectivity index (χ0) is 13.8. The van der Waals surface area contributed by atoms with Gasteiger partial charge in [0.2, 0.25) is 0 Å². The van der Waals surface area contributed by atoms with Gasteiger partial charge in [0.25, 0.3) is 0 Å². The van der Waals surface area contributed by atoms with Crippen LogP contribution in [0.4, 0.5) is 0 Å². The van der Waals surface area contributed by atoms with Crippen LogP contribution in [0.3, 0.4) is 0 Å². The summed E-state index contributed by atoms with van der Waals surface area (Å²) in [7, 11) is 1.70. The van der Waals surface area contributed by atoms with E-state index in [0.29, 0.717) is 6.61 Å². The van der Waals surface area contributed by atoms with E-state index in [9.17, 15) is 0 Å². The topological polar surface area (TPSA) is 18.5 Å². The van der Waals surface area contributed by atoms with E-state index in [2.05, 4.69) is 35.0 Å². The van der Waals surface area contributed by atoms with Crippen molar-refractivity contribution in [2.75, 3.05) is 13.7 Å². The summed E-state index contributed by atoms with van der Waals surface area (Å²) in [6, 6.07) is 8.25. The second-order valence-corrected chi connectivity index (χ2v) is 6.05. The van der Waals surface area contributed by atoms with Crippen molar-refractivity contribution in [2.24, 2.45) is 0 Å². The normalized spacial score (nSPS) is 12.2. The number of benzene rings is 1. The average molecular weight is 341 g/mol. The molecule has 2 aromatic rings. The maximum atomic E-state index is 5.72. The SMILES string of the molecule is CCOc1ccc(C)cc1C(Br)c1sccc1OC. The summed E-state index contributed by atoms with van der Waals surface area (Å²) in [6.45, 7) is 4.75. The molecule has 2 nitrogen and oxygen atoms in total. The van der Waals surface area contributed by atoms with Crippen LogP contribution in [-0.4, -0.2) is 13.7 Å². The molecule has 4 heteroatoms. The van der Waals surface area contributed by atoms with Crippen molar-refractivity contribution >= 4 is 27.3 Å². The molecule has 0 amide bonds. The van der Waals surface area contributed by atoms with Gasteiger partial charge in [0, 0.05) is 5.56 Å². The highest BCUT2D eigenvalue weighted by Gasteiger charge is 2.20. The van der Waals surface area contributed by atoms with Crippen molar-refractivity contribution in [1.82, 2.24) is 0 Å². The van der Waals surface area contributed by atoms with Gasteiger partial charge in [-0.1, -0.05) is 33.6 Å². The number of thiophene rings is 1. The minimum absolute atomic E-state index is 0.0869. The maximum absolute atomic E-state index is 5.72. The predicted octanol–water partition coefficient (Wildman–Crippen LogP) is 4.95. The Morgan fingerprint density at radius 1 is 1.26 bits per heavy atom. The summed E-state index contributed by atoms with van der Waals surface area (Å²) in [4.78, 5) is 1.25. The highest BCUT2D eigenvalue weighted by atomic mass is 79.9. The molecule has 1 unspecified atom stereocenters. The van der Waals surface area contributed by atoms with E-state index in [-0.39, 0.29) is 4.83 Å². The van der Waals surface area contributed by atoms with Crippen LogP contribution in [0.25, 0.3) is 0 Å².